The first-order valence-corrected chi connectivity index (χ1v) is 12.9. The smallest absolute Gasteiger partial charge is 0.253 e. The Kier molecular flexibility index (Phi) is 6.67. The van der Waals surface area contributed by atoms with Gasteiger partial charge in [-0.15, -0.1) is 0 Å². The van der Waals surface area contributed by atoms with Crippen LogP contribution in [0.4, 0.5) is 10.2 Å². The third-order valence-electron chi connectivity index (χ3n) is 7.83. The van der Waals surface area contributed by atoms with Gasteiger partial charge in [0.1, 0.15) is 17.5 Å². The number of hydrogen-bond acceptors (Lipinski definition) is 4. The molecule has 1 heterocycles. The number of rotatable bonds is 7. The summed E-state index contributed by atoms with van der Waals surface area (Å²) in [7, 11) is 4.05. The molecule has 2 saturated carbocycles. The van der Waals surface area contributed by atoms with E-state index in [1.54, 1.807) is 0 Å². The lowest BCUT2D eigenvalue weighted by atomic mass is 9.77. The number of amides is 1. The average molecular weight is 495 g/mol. The van der Waals surface area contributed by atoms with Gasteiger partial charge in [0.15, 0.2) is 0 Å². The molecule has 1 N–H and O–H groups in total. The maximum absolute atomic E-state index is 13.5. The summed E-state index contributed by atoms with van der Waals surface area (Å²) in [6, 6.07) is 12.3. The van der Waals surface area contributed by atoms with Gasteiger partial charge in [-0.2, -0.15) is 0 Å². The van der Waals surface area contributed by atoms with Crippen LogP contribution in [0.1, 0.15) is 61.1 Å². The van der Waals surface area contributed by atoms with Gasteiger partial charge in [0.25, 0.3) is 5.91 Å². The van der Waals surface area contributed by atoms with Crippen molar-refractivity contribution in [3.8, 4) is 0 Å². The Labute approximate surface area is 211 Å². The predicted octanol–water partition coefficient (Wildman–Crippen LogP) is 6.19. The molecule has 2 fully saturated rings. The second-order valence-corrected chi connectivity index (χ2v) is 10.8. The standard InChI is InChI=1S/C28H32ClFN4O/c1-34(2)26-20-7-3-4-8-23(20)31-25(33-26)9-5-6-18-12-14-28(15-13-18)17-24(28)32-27(35)21-16-19(30)10-11-22(21)29/h3-4,7-8,10-11,16,18,24H,5-6,9,12-15,17H2,1-2H3,(H,32,35)/t18?,24-,28?/m1/s1. The van der Waals surface area contributed by atoms with Crippen LogP contribution in [-0.2, 0) is 6.42 Å². The Morgan fingerprint density at radius 3 is 2.71 bits per heavy atom. The van der Waals surface area contributed by atoms with Gasteiger partial charge in [-0.25, -0.2) is 14.4 Å². The fraction of sp³-hybridized carbons (Fsp3) is 0.464. The first-order chi connectivity index (χ1) is 16.8. The molecule has 2 aliphatic carbocycles. The summed E-state index contributed by atoms with van der Waals surface area (Å²) in [6.07, 6.45) is 8.81. The molecular formula is C28H32ClFN4O. The fourth-order valence-electron chi connectivity index (χ4n) is 5.66. The van der Waals surface area contributed by atoms with E-state index in [2.05, 4.69) is 22.3 Å². The predicted molar refractivity (Wildman–Crippen MR) is 138 cm³/mol. The molecule has 1 amide bonds. The maximum Gasteiger partial charge on any atom is 0.253 e. The van der Waals surface area contributed by atoms with Crippen LogP contribution in [0.25, 0.3) is 10.9 Å². The maximum atomic E-state index is 13.5. The molecule has 2 aliphatic rings. The number of aryl methyl sites for hydroxylation is 1. The van der Waals surface area contributed by atoms with Crippen molar-refractivity contribution < 1.29 is 9.18 Å². The largest absolute Gasteiger partial charge is 0.362 e. The highest BCUT2D eigenvalue weighted by Gasteiger charge is 2.55. The fourth-order valence-corrected chi connectivity index (χ4v) is 5.86. The van der Waals surface area contributed by atoms with Crippen molar-refractivity contribution in [1.82, 2.24) is 15.3 Å². The number of para-hydroxylation sites is 1. The summed E-state index contributed by atoms with van der Waals surface area (Å²) < 4.78 is 13.5. The van der Waals surface area contributed by atoms with Crippen molar-refractivity contribution in [2.24, 2.45) is 11.3 Å². The Morgan fingerprint density at radius 1 is 1.17 bits per heavy atom. The zero-order chi connectivity index (χ0) is 24.6. The lowest BCUT2D eigenvalue weighted by Gasteiger charge is -2.29. The third kappa shape index (κ3) is 5.13. The van der Waals surface area contributed by atoms with E-state index in [0.717, 1.165) is 54.6 Å². The van der Waals surface area contributed by atoms with Crippen molar-refractivity contribution in [3.05, 3.63) is 64.7 Å². The molecule has 0 saturated heterocycles. The Bertz CT molecular complexity index is 1240. The molecule has 184 valence electrons. The number of fused-ring (bicyclic) bond motifs is 1. The van der Waals surface area contributed by atoms with Gasteiger partial charge >= 0.3 is 0 Å². The molecule has 0 radical (unpaired) electrons. The number of anilines is 1. The number of benzene rings is 2. The molecule has 5 nitrogen and oxygen atoms in total. The van der Waals surface area contributed by atoms with E-state index in [1.165, 1.54) is 37.5 Å². The lowest BCUT2D eigenvalue weighted by molar-refractivity contribution is 0.0939. The van der Waals surface area contributed by atoms with E-state index in [-0.39, 0.29) is 28.0 Å². The summed E-state index contributed by atoms with van der Waals surface area (Å²) in [4.78, 5) is 24.3. The normalized spacial score (nSPS) is 23.4. The summed E-state index contributed by atoms with van der Waals surface area (Å²) >= 11 is 6.10. The van der Waals surface area contributed by atoms with Gasteiger partial charge in [-0.05, 0) is 80.2 Å². The first-order valence-electron chi connectivity index (χ1n) is 12.5. The summed E-state index contributed by atoms with van der Waals surface area (Å²) in [5.41, 5.74) is 1.44. The van der Waals surface area contributed by atoms with Gasteiger partial charge in [0.2, 0.25) is 0 Å². The SMILES string of the molecule is CN(C)c1nc(CCCC2CCC3(CC2)C[C@H]3NC(=O)c2cc(F)ccc2Cl)nc2ccccc12. The zero-order valence-electron chi connectivity index (χ0n) is 20.4. The molecule has 5 rings (SSSR count). The molecule has 3 aromatic rings. The van der Waals surface area contributed by atoms with Crippen molar-refractivity contribution in [2.45, 2.75) is 57.4 Å². The highest BCUT2D eigenvalue weighted by atomic mass is 35.5. The van der Waals surface area contributed by atoms with E-state index in [4.69, 9.17) is 21.6 Å². The van der Waals surface area contributed by atoms with E-state index >= 15 is 0 Å². The molecule has 35 heavy (non-hydrogen) atoms. The van der Waals surface area contributed by atoms with Crippen molar-refractivity contribution in [3.63, 3.8) is 0 Å². The first kappa shape index (κ1) is 24.0. The second kappa shape index (κ2) is 9.73. The van der Waals surface area contributed by atoms with E-state index in [9.17, 15) is 9.18 Å². The minimum absolute atomic E-state index is 0.172. The Morgan fingerprint density at radius 2 is 1.94 bits per heavy atom. The van der Waals surface area contributed by atoms with Crippen LogP contribution in [0.5, 0.6) is 0 Å². The van der Waals surface area contributed by atoms with Crippen molar-refractivity contribution in [2.75, 3.05) is 19.0 Å². The van der Waals surface area contributed by atoms with Crippen molar-refractivity contribution >= 4 is 34.2 Å². The number of nitrogens with one attached hydrogen (secondary N) is 1. The van der Waals surface area contributed by atoms with E-state index in [1.807, 2.05) is 26.2 Å². The molecule has 1 aromatic heterocycles. The molecule has 1 atom stereocenters. The van der Waals surface area contributed by atoms with Gasteiger partial charge in [0.05, 0.1) is 16.1 Å². The summed E-state index contributed by atoms with van der Waals surface area (Å²) in [6.45, 7) is 0. The van der Waals surface area contributed by atoms with E-state index < -0.39 is 5.82 Å². The second-order valence-electron chi connectivity index (χ2n) is 10.4. The monoisotopic (exact) mass is 494 g/mol. The van der Waals surface area contributed by atoms with Crippen LogP contribution < -0.4 is 10.2 Å². The van der Waals surface area contributed by atoms with Crippen LogP contribution in [0, 0.1) is 17.2 Å². The molecule has 1 spiro atoms. The van der Waals surface area contributed by atoms with Crippen molar-refractivity contribution in [1.29, 1.82) is 0 Å². The van der Waals surface area contributed by atoms with Crippen LogP contribution in [-0.4, -0.2) is 36.0 Å². The molecule has 2 aromatic carbocycles. The number of aromatic nitrogens is 2. The highest BCUT2D eigenvalue weighted by Crippen LogP contribution is 2.57. The minimum atomic E-state index is -0.447. The van der Waals surface area contributed by atoms with Gasteiger partial charge in [-0.3, -0.25) is 4.79 Å². The highest BCUT2D eigenvalue weighted by molar-refractivity contribution is 6.33. The average Bonchev–Trinajstić information content (AvgIpc) is 3.51. The summed E-state index contributed by atoms with van der Waals surface area (Å²) in [5, 5.41) is 4.47. The third-order valence-corrected chi connectivity index (χ3v) is 8.16. The molecule has 0 unspecified atom stereocenters. The number of nitrogens with zero attached hydrogens (tertiary/aromatic N) is 3. The van der Waals surface area contributed by atoms with Gasteiger partial charge < -0.3 is 10.2 Å². The lowest BCUT2D eigenvalue weighted by Crippen LogP contribution is -2.31. The quantitative estimate of drug-likeness (QED) is 0.425. The van der Waals surface area contributed by atoms with Crippen LogP contribution in [0.15, 0.2) is 42.5 Å². The topological polar surface area (TPSA) is 58.1 Å². The zero-order valence-corrected chi connectivity index (χ0v) is 21.1. The Hall–Kier alpha value is -2.73. The molecule has 0 bridgehead atoms. The number of hydrogen-bond donors (Lipinski definition) is 1. The van der Waals surface area contributed by atoms with Crippen LogP contribution in [0.3, 0.4) is 0 Å². The molecule has 7 heteroatoms. The van der Waals surface area contributed by atoms with Gasteiger partial charge in [-0.1, -0.05) is 30.2 Å². The number of carbonyl (C=O) groups is 1. The molecular weight excluding hydrogens is 463 g/mol. The van der Waals surface area contributed by atoms with Crippen LogP contribution >= 0.6 is 11.6 Å². The number of halogens is 2. The number of carbonyl (C=O) groups excluding carboxylic acids is 1. The van der Waals surface area contributed by atoms with E-state index in [0.29, 0.717) is 5.92 Å². The van der Waals surface area contributed by atoms with Crippen LogP contribution in [0.2, 0.25) is 5.02 Å². The minimum Gasteiger partial charge on any atom is -0.362 e. The Balaban J connectivity index is 1.11. The summed E-state index contributed by atoms with van der Waals surface area (Å²) in [5.74, 6) is 1.89. The van der Waals surface area contributed by atoms with Gasteiger partial charge in [0, 0.05) is 31.9 Å². The molecule has 0 aliphatic heterocycles.